The van der Waals surface area contributed by atoms with Crippen molar-refractivity contribution in [2.45, 2.75) is 25.8 Å². The number of benzene rings is 1. The lowest BCUT2D eigenvalue weighted by molar-refractivity contribution is 0.0958. The Kier molecular flexibility index (Phi) is 3.56. The van der Waals surface area contributed by atoms with Gasteiger partial charge >= 0.3 is 0 Å². The Morgan fingerprint density at radius 2 is 2.05 bits per heavy atom. The minimum atomic E-state index is -0.0842. The van der Waals surface area contributed by atoms with Crippen LogP contribution < -0.4 is 10.6 Å². The maximum absolute atomic E-state index is 12.6. The van der Waals surface area contributed by atoms with Crippen LogP contribution in [0.2, 0.25) is 0 Å². The smallest absolute Gasteiger partial charge is 0.293 e. The number of fused-ring (bicyclic) bond motifs is 1. The lowest BCUT2D eigenvalue weighted by Crippen LogP contribution is -2.31. The standard InChI is InChI=1S/C16H18N2O2/c17-11-13-8-9-15(20-13)16(19)18-10-4-3-6-12-5-1-2-7-14(12)18/h1-2,5,7-9H,3-4,6,10-11,17H2. The highest BCUT2D eigenvalue weighted by atomic mass is 16.4. The van der Waals surface area contributed by atoms with Crippen LogP contribution in [0, 0.1) is 0 Å². The SMILES string of the molecule is NCc1ccc(C(=O)N2CCCCc3ccccc32)o1. The Morgan fingerprint density at radius 3 is 2.85 bits per heavy atom. The van der Waals surface area contributed by atoms with Gasteiger partial charge in [0.2, 0.25) is 0 Å². The Balaban J connectivity index is 1.94. The first-order valence-corrected chi connectivity index (χ1v) is 6.98. The first kappa shape index (κ1) is 12.9. The summed E-state index contributed by atoms with van der Waals surface area (Å²) >= 11 is 0. The third kappa shape index (κ3) is 2.34. The molecule has 0 fully saturated rings. The van der Waals surface area contributed by atoms with E-state index in [2.05, 4.69) is 6.07 Å². The number of amides is 1. The minimum absolute atomic E-state index is 0.0842. The molecule has 2 aromatic rings. The molecule has 1 aliphatic heterocycles. The largest absolute Gasteiger partial charge is 0.455 e. The predicted octanol–water partition coefficient (Wildman–Crippen LogP) is 2.72. The van der Waals surface area contributed by atoms with E-state index in [4.69, 9.17) is 10.2 Å². The molecule has 0 spiro atoms. The van der Waals surface area contributed by atoms with Crippen molar-refractivity contribution < 1.29 is 9.21 Å². The van der Waals surface area contributed by atoms with E-state index >= 15 is 0 Å². The van der Waals surface area contributed by atoms with Gasteiger partial charge in [-0.25, -0.2) is 0 Å². The first-order chi connectivity index (χ1) is 9.79. The number of nitrogens with zero attached hydrogens (tertiary/aromatic N) is 1. The van der Waals surface area contributed by atoms with Crippen molar-refractivity contribution in [2.24, 2.45) is 5.73 Å². The van der Waals surface area contributed by atoms with E-state index in [0.29, 0.717) is 18.1 Å². The average molecular weight is 270 g/mol. The zero-order valence-corrected chi connectivity index (χ0v) is 11.3. The summed E-state index contributed by atoms with van der Waals surface area (Å²) in [5, 5.41) is 0. The van der Waals surface area contributed by atoms with Crippen LogP contribution in [0.5, 0.6) is 0 Å². The third-order valence-corrected chi connectivity index (χ3v) is 3.68. The number of anilines is 1. The summed E-state index contributed by atoms with van der Waals surface area (Å²) in [5.41, 5.74) is 7.75. The monoisotopic (exact) mass is 270 g/mol. The Hall–Kier alpha value is -2.07. The molecular formula is C16H18N2O2. The van der Waals surface area contributed by atoms with Gasteiger partial charge in [-0.15, -0.1) is 0 Å². The Labute approximate surface area is 118 Å². The van der Waals surface area contributed by atoms with Crippen molar-refractivity contribution in [2.75, 3.05) is 11.4 Å². The molecule has 104 valence electrons. The molecule has 2 heterocycles. The van der Waals surface area contributed by atoms with E-state index in [1.54, 1.807) is 12.1 Å². The summed E-state index contributed by atoms with van der Waals surface area (Å²) in [5.74, 6) is 0.915. The molecule has 0 saturated carbocycles. The van der Waals surface area contributed by atoms with Crippen LogP contribution in [0.25, 0.3) is 0 Å². The fourth-order valence-corrected chi connectivity index (χ4v) is 2.64. The summed E-state index contributed by atoms with van der Waals surface area (Å²) in [6.07, 6.45) is 3.13. The van der Waals surface area contributed by atoms with Gasteiger partial charge in [-0.3, -0.25) is 4.79 Å². The lowest BCUT2D eigenvalue weighted by atomic mass is 10.1. The van der Waals surface area contributed by atoms with Gasteiger partial charge in [0, 0.05) is 12.2 Å². The van der Waals surface area contributed by atoms with Crippen LogP contribution in [0.3, 0.4) is 0 Å². The second-order valence-electron chi connectivity index (χ2n) is 5.01. The Bertz CT molecular complexity index is 618. The number of para-hydroxylation sites is 1. The molecule has 2 N–H and O–H groups in total. The number of carbonyl (C=O) groups is 1. The fourth-order valence-electron chi connectivity index (χ4n) is 2.64. The number of rotatable bonds is 2. The number of carbonyl (C=O) groups excluding carboxylic acids is 1. The van der Waals surface area contributed by atoms with E-state index in [0.717, 1.165) is 31.5 Å². The minimum Gasteiger partial charge on any atom is -0.455 e. The molecule has 0 radical (unpaired) electrons. The second-order valence-corrected chi connectivity index (χ2v) is 5.01. The van der Waals surface area contributed by atoms with Gasteiger partial charge in [0.15, 0.2) is 5.76 Å². The van der Waals surface area contributed by atoms with Crippen LogP contribution in [0.4, 0.5) is 5.69 Å². The van der Waals surface area contributed by atoms with Crippen molar-refractivity contribution in [3.63, 3.8) is 0 Å². The zero-order chi connectivity index (χ0) is 13.9. The van der Waals surface area contributed by atoms with E-state index in [1.807, 2.05) is 23.1 Å². The number of aryl methyl sites for hydroxylation is 1. The van der Waals surface area contributed by atoms with E-state index < -0.39 is 0 Å². The molecule has 0 atom stereocenters. The maximum Gasteiger partial charge on any atom is 0.293 e. The van der Waals surface area contributed by atoms with E-state index in [1.165, 1.54) is 5.56 Å². The zero-order valence-electron chi connectivity index (χ0n) is 11.3. The van der Waals surface area contributed by atoms with Crippen molar-refractivity contribution in [1.82, 2.24) is 0 Å². The van der Waals surface area contributed by atoms with Gasteiger partial charge in [0.25, 0.3) is 5.91 Å². The highest BCUT2D eigenvalue weighted by Gasteiger charge is 2.24. The molecule has 4 heteroatoms. The van der Waals surface area contributed by atoms with Crippen molar-refractivity contribution in [3.8, 4) is 0 Å². The molecule has 0 saturated heterocycles. The molecule has 3 rings (SSSR count). The van der Waals surface area contributed by atoms with Gasteiger partial charge in [0.1, 0.15) is 5.76 Å². The molecular weight excluding hydrogens is 252 g/mol. The van der Waals surface area contributed by atoms with E-state index in [9.17, 15) is 4.79 Å². The molecule has 0 bridgehead atoms. The molecule has 0 unspecified atom stereocenters. The Morgan fingerprint density at radius 1 is 1.20 bits per heavy atom. The second kappa shape index (κ2) is 5.51. The first-order valence-electron chi connectivity index (χ1n) is 6.98. The molecule has 0 aliphatic carbocycles. The van der Waals surface area contributed by atoms with Crippen molar-refractivity contribution in [3.05, 3.63) is 53.5 Å². The summed E-state index contributed by atoms with van der Waals surface area (Å²) < 4.78 is 5.49. The van der Waals surface area contributed by atoms with E-state index in [-0.39, 0.29) is 5.91 Å². The van der Waals surface area contributed by atoms with Crippen molar-refractivity contribution >= 4 is 11.6 Å². The van der Waals surface area contributed by atoms with Crippen LogP contribution in [-0.4, -0.2) is 12.5 Å². The van der Waals surface area contributed by atoms with Crippen molar-refractivity contribution in [1.29, 1.82) is 0 Å². The maximum atomic E-state index is 12.6. The summed E-state index contributed by atoms with van der Waals surface area (Å²) in [6.45, 7) is 1.04. The van der Waals surface area contributed by atoms with Crippen LogP contribution in [-0.2, 0) is 13.0 Å². The highest BCUT2D eigenvalue weighted by molar-refractivity contribution is 6.04. The number of hydrogen-bond donors (Lipinski definition) is 1. The molecule has 20 heavy (non-hydrogen) atoms. The van der Waals surface area contributed by atoms with Gasteiger partial charge in [0.05, 0.1) is 6.54 Å². The average Bonchev–Trinajstić information content (AvgIpc) is 2.86. The van der Waals surface area contributed by atoms with Gasteiger partial charge in [-0.05, 0) is 43.0 Å². The van der Waals surface area contributed by atoms with Crippen LogP contribution in [0.1, 0.15) is 34.7 Å². The quantitative estimate of drug-likeness (QED) is 0.912. The molecule has 1 aliphatic rings. The topological polar surface area (TPSA) is 59.5 Å². The normalized spacial score (nSPS) is 14.8. The predicted molar refractivity (Wildman–Crippen MR) is 77.7 cm³/mol. The third-order valence-electron chi connectivity index (χ3n) is 3.68. The molecule has 1 amide bonds. The summed E-state index contributed by atoms with van der Waals surface area (Å²) in [7, 11) is 0. The van der Waals surface area contributed by atoms with Gasteiger partial charge < -0.3 is 15.1 Å². The lowest BCUT2D eigenvalue weighted by Gasteiger charge is -2.21. The number of furan rings is 1. The number of nitrogens with two attached hydrogens (primary N) is 1. The van der Waals surface area contributed by atoms with Gasteiger partial charge in [-0.2, -0.15) is 0 Å². The van der Waals surface area contributed by atoms with Crippen LogP contribution >= 0.6 is 0 Å². The number of hydrogen-bond acceptors (Lipinski definition) is 3. The summed E-state index contributed by atoms with van der Waals surface area (Å²) in [6, 6.07) is 11.6. The summed E-state index contributed by atoms with van der Waals surface area (Å²) in [4.78, 5) is 14.5. The fraction of sp³-hybridized carbons (Fsp3) is 0.312. The molecule has 4 nitrogen and oxygen atoms in total. The highest BCUT2D eigenvalue weighted by Crippen LogP contribution is 2.27. The van der Waals surface area contributed by atoms with Crippen LogP contribution in [0.15, 0.2) is 40.8 Å². The molecule has 1 aromatic carbocycles. The van der Waals surface area contributed by atoms with Gasteiger partial charge in [-0.1, -0.05) is 18.2 Å². The molecule has 1 aromatic heterocycles.